The fourth-order valence-corrected chi connectivity index (χ4v) is 1.94. The van der Waals surface area contributed by atoms with Crippen molar-refractivity contribution in [3.8, 4) is 0 Å². The van der Waals surface area contributed by atoms with Crippen LogP contribution in [0.2, 0.25) is 0 Å². The van der Waals surface area contributed by atoms with Crippen LogP contribution in [0.15, 0.2) is 12.2 Å². The van der Waals surface area contributed by atoms with E-state index in [0.717, 1.165) is 19.5 Å². The zero-order valence-corrected chi connectivity index (χ0v) is 8.73. The summed E-state index contributed by atoms with van der Waals surface area (Å²) in [6.07, 6.45) is 4.09. The molecule has 1 saturated heterocycles. The SMILES string of the molecule is CNC(/C=C/C(=O)O)C1CCN(C)C1. The summed E-state index contributed by atoms with van der Waals surface area (Å²) >= 11 is 0. The number of hydrogen-bond donors (Lipinski definition) is 2. The topological polar surface area (TPSA) is 52.6 Å². The monoisotopic (exact) mass is 198 g/mol. The second-order valence-electron chi connectivity index (χ2n) is 3.82. The van der Waals surface area contributed by atoms with Crippen LogP contribution >= 0.6 is 0 Å². The normalized spacial score (nSPS) is 25.7. The number of likely N-dealkylation sites (N-methyl/N-ethyl adjacent to an activating group) is 1. The molecule has 0 aromatic rings. The van der Waals surface area contributed by atoms with Crippen molar-refractivity contribution in [2.24, 2.45) is 5.92 Å². The third kappa shape index (κ3) is 3.12. The van der Waals surface area contributed by atoms with Crippen LogP contribution in [-0.2, 0) is 4.79 Å². The van der Waals surface area contributed by atoms with Crippen LogP contribution in [0.3, 0.4) is 0 Å². The molecule has 1 aliphatic rings. The van der Waals surface area contributed by atoms with E-state index in [-0.39, 0.29) is 6.04 Å². The van der Waals surface area contributed by atoms with E-state index in [2.05, 4.69) is 17.3 Å². The predicted octanol–water partition coefficient (Wildman–Crippen LogP) is 0.167. The summed E-state index contributed by atoms with van der Waals surface area (Å²) in [5.74, 6) is -0.350. The first kappa shape index (κ1) is 11.2. The number of aliphatic carboxylic acids is 1. The lowest BCUT2D eigenvalue weighted by Gasteiger charge is -2.19. The van der Waals surface area contributed by atoms with Gasteiger partial charge < -0.3 is 15.3 Å². The van der Waals surface area contributed by atoms with Gasteiger partial charge in [-0.1, -0.05) is 6.08 Å². The minimum Gasteiger partial charge on any atom is -0.478 e. The van der Waals surface area contributed by atoms with Gasteiger partial charge in [-0.05, 0) is 33.0 Å². The molecule has 14 heavy (non-hydrogen) atoms. The molecule has 0 bridgehead atoms. The lowest BCUT2D eigenvalue weighted by molar-refractivity contribution is -0.131. The van der Waals surface area contributed by atoms with E-state index >= 15 is 0 Å². The Hall–Kier alpha value is -0.870. The average molecular weight is 198 g/mol. The van der Waals surface area contributed by atoms with E-state index in [1.54, 1.807) is 6.08 Å². The first-order valence-electron chi connectivity index (χ1n) is 4.90. The molecule has 80 valence electrons. The smallest absolute Gasteiger partial charge is 0.328 e. The summed E-state index contributed by atoms with van der Waals surface area (Å²) in [7, 11) is 3.96. The summed E-state index contributed by atoms with van der Waals surface area (Å²) in [6.45, 7) is 2.14. The van der Waals surface area contributed by atoms with E-state index < -0.39 is 5.97 Å². The van der Waals surface area contributed by atoms with Gasteiger partial charge >= 0.3 is 5.97 Å². The van der Waals surface area contributed by atoms with Gasteiger partial charge in [-0.15, -0.1) is 0 Å². The molecule has 1 aliphatic heterocycles. The third-order valence-corrected chi connectivity index (χ3v) is 2.72. The molecular formula is C10H18N2O2. The maximum absolute atomic E-state index is 10.4. The van der Waals surface area contributed by atoms with Crippen molar-refractivity contribution in [3.05, 3.63) is 12.2 Å². The predicted molar refractivity (Wildman–Crippen MR) is 55.2 cm³/mol. The van der Waals surface area contributed by atoms with Crippen LogP contribution in [0.1, 0.15) is 6.42 Å². The molecule has 0 saturated carbocycles. The van der Waals surface area contributed by atoms with Gasteiger partial charge in [0.1, 0.15) is 0 Å². The Balaban J connectivity index is 2.49. The number of carboxylic acid groups (broad SMARTS) is 1. The highest BCUT2D eigenvalue weighted by Crippen LogP contribution is 2.18. The lowest BCUT2D eigenvalue weighted by atomic mass is 9.99. The summed E-state index contributed by atoms with van der Waals surface area (Å²) in [4.78, 5) is 12.6. The summed E-state index contributed by atoms with van der Waals surface area (Å²) in [5.41, 5.74) is 0. The Morgan fingerprint density at radius 1 is 1.71 bits per heavy atom. The highest BCUT2D eigenvalue weighted by atomic mass is 16.4. The third-order valence-electron chi connectivity index (χ3n) is 2.72. The van der Waals surface area contributed by atoms with Gasteiger partial charge in [0.2, 0.25) is 0 Å². The Labute approximate surface area is 84.6 Å². The molecule has 4 heteroatoms. The molecule has 4 nitrogen and oxygen atoms in total. The fraction of sp³-hybridized carbons (Fsp3) is 0.700. The van der Waals surface area contributed by atoms with Gasteiger partial charge in [-0.2, -0.15) is 0 Å². The molecule has 1 heterocycles. The number of carboxylic acids is 1. The van der Waals surface area contributed by atoms with Gasteiger partial charge in [0.25, 0.3) is 0 Å². The van der Waals surface area contributed by atoms with E-state index in [4.69, 9.17) is 5.11 Å². The Bertz CT molecular complexity index is 228. The number of rotatable bonds is 4. The van der Waals surface area contributed by atoms with Crippen molar-refractivity contribution in [2.45, 2.75) is 12.5 Å². The second kappa shape index (κ2) is 5.12. The van der Waals surface area contributed by atoms with E-state index in [1.807, 2.05) is 7.05 Å². The van der Waals surface area contributed by atoms with Crippen molar-refractivity contribution in [1.29, 1.82) is 0 Å². The van der Waals surface area contributed by atoms with Crippen molar-refractivity contribution in [2.75, 3.05) is 27.2 Å². The van der Waals surface area contributed by atoms with Crippen molar-refractivity contribution < 1.29 is 9.90 Å². The number of hydrogen-bond acceptors (Lipinski definition) is 3. The molecule has 0 aliphatic carbocycles. The highest BCUT2D eigenvalue weighted by molar-refractivity contribution is 5.79. The van der Waals surface area contributed by atoms with Crippen LogP contribution in [0.5, 0.6) is 0 Å². The minimum atomic E-state index is -0.878. The van der Waals surface area contributed by atoms with Crippen LogP contribution in [0.4, 0.5) is 0 Å². The molecule has 0 aromatic heterocycles. The largest absolute Gasteiger partial charge is 0.478 e. The molecule has 0 aromatic carbocycles. The van der Waals surface area contributed by atoms with E-state index in [0.29, 0.717) is 5.92 Å². The van der Waals surface area contributed by atoms with Gasteiger partial charge in [0.15, 0.2) is 0 Å². The molecule has 2 unspecified atom stereocenters. The van der Waals surface area contributed by atoms with Crippen molar-refractivity contribution in [3.63, 3.8) is 0 Å². The highest BCUT2D eigenvalue weighted by Gasteiger charge is 2.24. The van der Waals surface area contributed by atoms with Crippen molar-refractivity contribution >= 4 is 5.97 Å². The molecule has 0 radical (unpaired) electrons. The Morgan fingerprint density at radius 2 is 2.43 bits per heavy atom. The average Bonchev–Trinajstić information content (AvgIpc) is 2.53. The zero-order valence-electron chi connectivity index (χ0n) is 8.73. The van der Waals surface area contributed by atoms with Crippen LogP contribution in [0, 0.1) is 5.92 Å². The standard InChI is InChI=1S/C10H18N2O2/c1-11-9(3-4-10(13)14)8-5-6-12(2)7-8/h3-4,8-9,11H,5-7H2,1-2H3,(H,13,14)/b4-3+. The van der Waals surface area contributed by atoms with E-state index in [1.165, 1.54) is 6.08 Å². The van der Waals surface area contributed by atoms with Gasteiger partial charge in [-0.25, -0.2) is 4.79 Å². The van der Waals surface area contributed by atoms with Crippen LogP contribution in [0.25, 0.3) is 0 Å². The van der Waals surface area contributed by atoms with Crippen molar-refractivity contribution in [1.82, 2.24) is 10.2 Å². The number of likely N-dealkylation sites (tertiary alicyclic amines) is 1. The molecule has 0 spiro atoms. The Kier molecular flexibility index (Phi) is 4.10. The maximum Gasteiger partial charge on any atom is 0.328 e. The fourth-order valence-electron chi connectivity index (χ4n) is 1.94. The number of nitrogens with zero attached hydrogens (tertiary/aromatic N) is 1. The lowest BCUT2D eigenvalue weighted by Crippen LogP contribution is -2.33. The zero-order chi connectivity index (χ0) is 10.6. The van der Waals surface area contributed by atoms with Gasteiger partial charge in [0.05, 0.1) is 0 Å². The summed E-state index contributed by atoms with van der Waals surface area (Å²) in [5, 5.41) is 11.7. The maximum atomic E-state index is 10.4. The second-order valence-corrected chi connectivity index (χ2v) is 3.82. The van der Waals surface area contributed by atoms with E-state index in [9.17, 15) is 4.79 Å². The summed E-state index contributed by atoms with van der Waals surface area (Å²) in [6, 6.07) is 0.177. The Morgan fingerprint density at radius 3 is 2.86 bits per heavy atom. The molecule has 0 amide bonds. The quantitative estimate of drug-likeness (QED) is 0.632. The first-order valence-corrected chi connectivity index (χ1v) is 4.90. The summed E-state index contributed by atoms with van der Waals surface area (Å²) < 4.78 is 0. The van der Waals surface area contributed by atoms with Crippen LogP contribution < -0.4 is 5.32 Å². The first-order chi connectivity index (χ1) is 6.63. The molecule has 1 rings (SSSR count). The number of carbonyl (C=O) groups is 1. The minimum absolute atomic E-state index is 0.177. The molecule has 2 atom stereocenters. The molecular weight excluding hydrogens is 180 g/mol. The molecule has 1 fully saturated rings. The number of nitrogens with one attached hydrogen (secondary N) is 1. The van der Waals surface area contributed by atoms with Gasteiger partial charge in [0, 0.05) is 18.7 Å². The van der Waals surface area contributed by atoms with Crippen LogP contribution in [-0.4, -0.2) is 49.2 Å². The molecule has 2 N–H and O–H groups in total. The van der Waals surface area contributed by atoms with Gasteiger partial charge in [-0.3, -0.25) is 0 Å².